The third-order valence-electron chi connectivity index (χ3n) is 11.4. The van der Waals surface area contributed by atoms with Crippen LogP contribution in [0.15, 0.2) is 11.6 Å². The van der Waals surface area contributed by atoms with Gasteiger partial charge in [0.1, 0.15) is 6.10 Å². The van der Waals surface area contributed by atoms with E-state index in [4.69, 9.17) is 4.74 Å². The number of hydrogen-bond donors (Lipinski definition) is 1. The summed E-state index contributed by atoms with van der Waals surface area (Å²) in [7, 11) is 4.04. The molecule has 36 heavy (non-hydrogen) atoms. The maximum Gasteiger partial charge on any atom is 0.407 e. The van der Waals surface area contributed by atoms with Crippen LogP contribution in [0.25, 0.3) is 0 Å². The predicted octanol–water partition coefficient (Wildman–Crippen LogP) is 7.68. The Bertz CT molecular complexity index is 791. The Morgan fingerprint density at radius 2 is 1.86 bits per heavy atom. The molecule has 1 amide bonds. The first-order valence-electron chi connectivity index (χ1n) is 15.3. The Balaban J connectivity index is 1.37. The number of ether oxygens (including phenoxy) is 1. The van der Waals surface area contributed by atoms with E-state index in [1.54, 1.807) is 5.57 Å². The van der Waals surface area contributed by atoms with Crippen molar-refractivity contribution in [2.75, 3.05) is 27.2 Å². The summed E-state index contributed by atoms with van der Waals surface area (Å²) in [5.74, 6) is 5.21. The lowest BCUT2D eigenvalue weighted by Gasteiger charge is -2.58. The SMILES string of the molecule is CC(C)CCCC(C)[C@@H]1CC[C@@H]2[C@H]3CC=C4C[C@H](OC(=O)NCCN(C)C)CC[C@@]4(C)[C@@H]3CC[C@]21C. The van der Waals surface area contributed by atoms with Crippen LogP contribution >= 0.6 is 0 Å². The standard InChI is InChI=1S/C32H56N2O2/c1-22(2)9-8-10-23(3)27-13-14-28-26-12-11-24-21-25(36-30(35)33-19-20-34(6)7)15-17-31(24,4)29(26)16-18-32(27,28)5/h11,22-23,25-29H,8-10,12-21H2,1-7H3,(H,33,35)/t23?,25-,26-,27+,28-,29-,31-,32+/m1/s1. The van der Waals surface area contributed by atoms with Crippen LogP contribution < -0.4 is 5.32 Å². The van der Waals surface area contributed by atoms with Crippen molar-refractivity contribution in [3.8, 4) is 0 Å². The number of alkyl carbamates (subject to hydrolysis) is 1. The number of carbonyl (C=O) groups is 1. The molecule has 0 bridgehead atoms. The van der Waals surface area contributed by atoms with Crippen LogP contribution in [0.5, 0.6) is 0 Å². The number of fused-ring (bicyclic) bond motifs is 5. The Hall–Kier alpha value is -1.03. The number of carbonyl (C=O) groups excluding carboxylic acids is 1. The van der Waals surface area contributed by atoms with Gasteiger partial charge < -0.3 is 15.0 Å². The number of nitrogens with one attached hydrogen (secondary N) is 1. The third kappa shape index (κ3) is 5.69. The minimum atomic E-state index is -0.243. The van der Waals surface area contributed by atoms with E-state index in [-0.39, 0.29) is 12.2 Å². The fraction of sp³-hybridized carbons (Fsp3) is 0.906. The molecule has 4 heteroatoms. The van der Waals surface area contributed by atoms with E-state index in [1.807, 2.05) is 14.1 Å². The Kier molecular flexibility index (Phi) is 8.85. The number of rotatable bonds is 9. The van der Waals surface area contributed by atoms with Gasteiger partial charge in [-0.05, 0) is 105 Å². The molecule has 8 atom stereocenters. The van der Waals surface area contributed by atoms with Crippen molar-refractivity contribution >= 4 is 6.09 Å². The molecule has 4 rings (SSSR count). The van der Waals surface area contributed by atoms with Crippen LogP contribution in [-0.4, -0.2) is 44.3 Å². The minimum Gasteiger partial charge on any atom is -0.446 e. The van der Waals surface area contributed by atoms with Crippen molar-refractivity contribution in [2.24, 2.45) is 46.3 Å². The molecular weight excluding hydrogens is 444 g/mol. The van der Waals surface area contributed by atoms with Gasteiger partial charge in [0.15, 0.2) is 0 Å². The molecular formula is C32H56N2O2. The van der Waals surface area contributed by atoms with Crippen LogP contribution in [0.2, 0.25) is 0 Å². The Morgan fingerprint density at radius 3 is 2.58 bits per heavy atom. The second-order valence-corrected chi connectivity index (χ2v) is 14.3. The first-order valence-corrected chi connectivity index (χ1v) is 15.3. The van der Waals surface area contributed by atoms with Crippen LogP contribution in [-0.2, 0) is 4.74 Å². The van der Waals surface area contributed by atoms with Gasteiger partial charge in [-0.3, -0.25) is 0 Å². The molecule has 0 spiro atoms. The fourth-order valence-corrected chi connectivity index (χ4v) is 9.33. The average Bonchev–Trinajstić information content (AvgIpc) is 3.16. The predicted molar refractivity (Wildman–Crippen MR) is 150 cm³/mol. The largest absolute Gasteiger partial charge is 0.446 e. The van der Waals surface area contributed by atoms with Gasteiger partial charge in [0.2, 0.25) is 0 Å². The molecule has 0 aromatic carbocycles. The van der Waals surface area contributed by atoms with E-state index >= 15 is 0 Å². The lowest BCUT2D eigenvalue weighted by molar-refractivity contribution is -0.0581. The van der Waals surface area contributed by atoms with Crippen molar-refractivity contribution in [1.29, 1.82) is 0 Å². The van der Waals surface area contributed by atoms with E-state index in [1.165, 1.54) is 57.8 Å². The van der Waals surface area contributed by atoms with Crippen molar-refractivity contribution in [3.63, 3.8) is 0 Å². The van der Waals surface area contributed by atoms with Crippen LogP contribution in [0.1, 0.15) is 105 Å². The maximum absolute atomic E-state index is 12.3. The van der Waals surface area contributed by atoms with E-state index in [2.05, 4.69) is 50.9 Å². The van der Waals surface area contributed by atoms with Gasteiger partial charge >= 0.3 is 6.09 Å². The monoisotopic (exact) mass is 500 g/mol. The highest BCUT2D eigenvalue weighted by molar-refractivity contribution is 5.67. The summed E-state index contributed by atoms with van der Waals surface area (Å²) in [5, 5.41) is 2.93. The van der Waals surface area contributed by atoms with Gasteiger partial charge in [-0.15, -0.1) is 0 Å². The van der Waals surface area contributed by atoms with E-state index in [9.17, 15) is 4.79 Å². The summed E-state index contributed by atoms with van der Waals surface area (Å²) >= 11 is 0. The minimum absolute atomic E-state index is 0.0386. The van der Waals surface area contributed by atoms with Crippen molar-refractivity contribution in [3.05, 3.63) is 11.6 Å². The highest BCUT2D eigenvalue weighted by atomic mass is 16.6. The van der Waals surface area contributed by atoms with Gasteiger partial charge in [0.05, 0.1) is 0 Å². The number of hydrogen-bond acceptors (Lipinski definition) is 3. The number of amides is 1. The topological polar surface area (TPSA) is 41.6 Å². The summed E-state index contributed by atoms with van der Waals surface area (Å²) in [4.78, 5) is 14.4. The quantitative estimate of drug-likeness (QED) is 0.330. The molecule has 4 aliphatic rings. The Labute approximate surface area is 222 Å². The molecule has 4 nitrogen and oxygen atoms in total. The summed E-state index contributed by atoms with van der Waals surface area (Å²) in [6.07, 6.45) is 16.7. The fourth-order valence-electron chi connectivity index (χ4n) is 9.33. The van der Waals surface area contributed by atoms with Gasteiger partial charge in [-0.1, -0.05) is 65.5 Å². The summed E-state index contributed by atoms with van der Waals surface area (Å²) in [6.45, 7) is 14.0. The summed E-state index contributed by atoms with van der Waals surface area (Å²) in [6, 6.07) is 0. The molecule has 3 fully saturated rings. The van der Waals surface area contributed by atoms with Gasteiger partial charge in [-0.2, -0.15) is 0 Å². The lowest BCUT2D eigenvalue weighted by Crippen LogP contribution is -2.51. The highest BCUT2D eigenvalue weighted by Crippen LogP contribution is 2.67. The number of allylic oxidation sites excluding steroid dienone is 1. The molecule has 0 aromatic rings. The molecule has 0 radical (unpaired) electrons. The van der Waals surface area contributed by atoms with Gasteiger partial charge in [0.25, 0.3) is 0 Å². The van der Waals surface area contributed by atoms with Crippen LogP contribution in [0.4, 0.5) is 4.79 Å². The smallest absolute Gasteiger partial charge is 0.407 e. The molecule has 0 aromatic heterocycles. The second kappa shape index (κ2) is 11.4. The van der Waals surface area contributed by atoms with Crippen LogP contribution in [0, 0.1) is 46.3 Å². The average molecular weight is 501 g/mol. The highest BCUT2D eigenvalue weighted by Gasteiger charge is 2.59. The molecule has 206 valence electrons. The van der Waals surface area contributed by atoms with Crippen LogP contribution in [0.3, 0.4) is 0 Å². The second-order valence-electron chi connectivity index (χ2n) is 14.3. The first-order chi connectivity index (χ1) is 17.0. The van der Waals surface area contributed by atoms with Gasteiger partial charge in [-0.25, -0.2) is 4.79 Å². The first kappa shape index (κ1) is 28.0. The summed E-state index contributed by atoms with van der Waals surface area (Å²) < 4.78 is 5.87. The van der Waals surface area contributed by atoms with Crippen molar-refractivity contribution < 1.29 is 9.53 Å². The normalized spacial score (nSPS) is 38.7. The number of likely N-dealkylation sites (N-methyl/N-ethyl adjacent to an activating group) is 1. The zero-order chi connectivity index (χ0) is 26.1. The van der Waals surface area contributed by atoms with Crippen molar-refractivity contribution in [1.82, 2.24) is 10.2 Å². The van der Waals surface area contributed by atoms with Crippen molar-refractivity contribution in [2.45, 2.75) is 111 Å². The zero-order valence-corrected chi connectivity index (χ0v) is 24.6. The lowest BCUT2D eigenvalue weighted by atomic mass is 9.47. The molecule has 0 saturated heterocycles. The molecule has 1 unspecified atom stereocenters. The maximum atomic E-state index is 12.3. The van der Waals surface area contributed by atoms with Gasteiger partial charge in [0, 0.05) is 19.5 Å². The molecule has 1 N–H and O–H groups in total. The van der Waals surface area contributed by atoms with E-state index in [0.29, 0.717) is 17.4 Å². The Morgan fingerprint density at radius 1 is 1.08 bits per heavy atom. The third-order valence-corrected chi connectivity index (χ3v) is 11.4. The molecule has 0 heterocycles. The molecule has 3 saturated carbocycles. The van der Waals surface area contributed by atoms with E-state index < -0.39 is 0 Å². The molecule has 0 aliphatic heterocycles. The summed E-state index contributed by atoms with van der Waals surface area (Å²) in [5.41, 5.74) is 2.46. The zero-order valence-electron chi connectivity index (χ0n) is 24.6. The number of nitrogens with zero attached hydrogens (tertiary/aromatic N) is 1. The van der Waals surface area contributed by atoms with E-state index in [0.717, 1.165) is 54.9 Å². The molecule has 4 aliphatic carbocycles.